The number of ether oxygens (including phenoxy) is 1. The largest absolute Gasteiger partial charge is 0.495 e. The molecular formula is C21H23N5O3S2. The molecule has 1 aliphatic heterocycles. The Kier molecular flexibility index (Phi) is 5.59. The molecule has 0 bridgehead atoms. The zero-order valence-electron chi connectivity index (χ0n) is 17.3. The number of methoxy groups -OCH3 is 1. The van der Waals surface area contributed by atoms with Crippen LogP contribution in [-0.2, 0) is 17.1 Å². The summed E-state index contributed by atoms with van der Waals surface area (Å²) in [6, 6.07) is 14.7. The van der Waals surface area contributed by atoms with Gasteiger partial charge in [0.2, 0.25) is 10.0 Å². The lowest BCUT2D eigenvalue weighted by atomic mass is 10.0. The Labute approximate surface area is 186 Å². The molecule has 0 spiro atoms. The Bertz CT molecular complexity index is 1210. The molecule has 0 saturated carbocycles. The molecule has 3 aromatic rings. The minimum absolute atomic E-state index is 0.185. The third-order valence-electron chi connectivity index (χ3n) is 5.14. The van der Waals surface area contributed by atoms with E-state index in [9.17, 15) is 8.42 Å². The van der Waals surface area contributed by atoms with E-state index in [-0.39, 0.29) is 12.1 Å². The average molecular weight is 458 g/mol. The number of anilines is 2. The molecule has 10 heteroatoms. The Morgan fingerprint density at radius 3 is 2.61 bits per heavy atom. The molecule has 1 saturated heterocycles. The van der Waals surface area contributed by atoms with E-state index in [1.165, 1.54) is 7.11 Å². The second-order valence-corrected chi connectivity index (χ2v) is 9.43. The highest BCUT2D eigenvalue weighted by Gasteiger charge is 2.42. The van der Waals surface area contributed by atoms with Crippen molar-refractivity contribution >= 4 is 38.7 Å². The quantitative estimate of drug-likeness (QED) is 0.550. The van der Waals surface area contributed by atoms with Crippen LogP contribution in [0.25, 0.3) is 0 Å². The van der Waals surface area contributed by atoms with Crippen molar-refractivity contribution in [2.75, 3.05) is 23.0 Å². The number of rotatable bonds is 6. The highest BCUT2D eigenvalue weighted by Crippen LogP contribution is 2.43. The van der Waals surface area contributed by atoms with Crippen LogP contribution in [0, 0.1) is 0 Å². The van der Waals surface area contributed by atoms with Crippen LogP contribution in [0.4, 0.5) is 11.4 Å². The van der Waals surface area contributed by atoms with Gasteiger partial charge in [-0.1, -0.05) is 6.07 Å². The van der Waals surface area contributed by atoms with Gasteiger partial charge in [0.1, 0.15) is 11.8 Å². The summed E-state index contributed by atoms with van der Waals surface area (Å²) in [6.45, 7) is 0. The summed E-state index contributed by atoms with van der Waals surface area (Å²) >= 11 is 5.72. The number of aromatic nitrogens is 2. The number of sulfonamides is 1. The van der Waals surface area contributed by atoms with Crippen molar-refractivity contribution in [3.8, 4) is 5.75 Å². The first kappa shape index (κ1) is 21.1. The lowest BCUT2D eigenvalue weighted by Gasteiger charge is -2.29. The molecule has 1 aliphatic rings. The summed E-state index contributed by atoms with van der Waals surface area (Å²) in [7, 11) is -0.0163. The van der Waals surface area contributed by atoms with Crippen molar-refractivity contribution in [1.29, 1.82) is 0 Å². The fraction of sp³-hybridized carbons (Fsp3) is 0.238. The summed E-state index contributed by atoms with van der Waals surface area (Å²) < 4.78 is 33.6. The van der Waals surface area contributed by atoms with Crippen LogP contribution in [0.5, 0.6) is 5.75 Å². The van der Waals surface area contributed by atoms with Crippen molar-refractivity contribution in [1.82, 2.24) is 14.9 Å². The lowest BCUT2D eigenvalue weighted by molar-refractivity contribution is 0.417. The van der Waals surface area contributed by atoms with Gasteiger partial charge in [0.15, 0.2) is 5.11 Å². The molecule has 3 heterocycles. The van der Waals surface area contributed by atoms with Crippen LogP contribution in [0.3, 0.4) is 0 Å². The Morgan fingerprint density at radius 1 is 1.19 bits per heavy atom. The van der Waals surface area contributed by atoms with Crippen molar-refractivity contribution in [2.24, 2.45) is 7.05 Å². The van der Waals surface area contributed by atoms with E-state index in [1.54, 1.807) is 18.3 Å². The summed E-state index contributed by atoms with van der Waals surface area (Å²) in [4.78, 5) is 6.52. The van der Waals surface area contributed by atoms with Crippen molar-refractivity contribution in [3.05, 3.63) is 72.3 Å². The molecule has 2 atom stereocenters. The van der Waals surface area contributed by atoms with Crippen molar-refractivity contribution < 1.29 is 13.2 Å². The molecule has 4 rings (SSSR count). The van der Waals surface area contributed by atoms with Gasteiger partial charge in [0, 0.05) is 30.8 Å². The smallest absolute Gasteiger partial charge is 0.229 e. The van der Waals surface area contributed by atoms with Gasteiger partial charge in [-0.3, -0.25) is 9.71 Å². The maximum absolute atomic E-state index is 11.9. The molecule has 2 N–H and O–H groups in total. The van der Waals surface area contributed by atoms with Crippen LogP contribution in [-0.4, -0.2) is 36.4 Å². The average Bonchev–Trinajstić information content (AvgIpc) is 3.29. The van der Waals surface area contributed by atoms with Gasteiger partial charge in [-0.25, -0.2) is 8.42 Å². The second kappa shape index (κ2) is 8.20. The van der Waals surface area contributed by atoms with Crippen LogP contribution in [0.15, 0.2) is 60.9 Å². The first-order chi connectivity index (χ1) is 14.8. The summed E-state index contributed by atoms with van der Waals surface area (Å²) in [6.07, 6.45) is 4.84. The van der Waals surface area contributed by atoms with Crippen LogP contribution < -0.4 is 19.7 Å². The SMILES string of the molecule is COc1ccc(N2C(=S)N[C@H](c3ccccn3)[C@H]2c2cccn2C)cc1NS(C)(=O)=O. The Hall–Kier alpha value is -3.11. The first-order valence-corrected chi connectivity index (χ1v) is 11.9. The standard InChI is InChI=1S/C21H23N5O3S2/c1-25-12-6-8-17(25)20-19(15-7-4-5-11-22-15)23-21(30)26(20)14-9-10-18(29-2)16(13-14)24-31(3,27)28/h4-13,19-20,24H,1-3H3,(H,23,30)/t19-,20-/m1/s1. The molecule has 2 aromatic heterocycles. The molecule has 31 heavy (non-hydrogen) atoms. The predicted molar refractivity (Wildman–Crippen MR) is 125 cm³/mol. The Balaban J connectivity index is 1.83. The number of hydrogen-bond donors (Lipinski definition) is 2. The molecule has 0 unspecified atom stereocenters. The highest BCUT2D eigenvalue weighted by atomic mass is 32.2. The number of aryl methyl sites for hydroxylation is 1. The number of benzene rings is 1. The molecular weight excluding hydrogens is 434 g/mol. The second-order valence-electron chi connectivity index (χ2n) is 7.30. The minimum Gasteiger partial charge on any atom is -0.495 e. The topological polar surface area (TPSA) is 88.5 Å². The number of nitrogens with zero attached hydrogens (tertiary/aromatic N) is 3. The third-order valence-corrected chi connectivity index (χ3v) is 6.05. The maximum Gasteiger partial charge on any atom is 0.229 e. The molecule has 1 fully saturated rings. The normalized spacial score (nSPS) is 18.7. The van der Waals surface area contributed by atoms with Gasteiger partial charge < -0.3 is 19.5 Å². The predicted octanol–water partition coefficient (Wildman–Crippen LogP) is 2.98. The fourth-order valence-corrected chi connectivity index (χ4v) is 4.75. The molecule has 0 radical (unpaired) electrons. The molecule has 162 valence electrons. The Morgan fingerprint density at radius 2 is 2.00 bits per heavy atom. The van der Waals surface area contributed by atoms with Gasteiger partial charge in [0.25, 0.3) is 0 Å². The lowest BCUT2D eigenvalue weighted by Crippen LogP contribution is -2.30. The highest BCUT2D eigenvalue weighted by molar-refractivity contribution is 7.92. The van der Waals surface area contributed by atoms with Crippen molar-refractivity contribution in [2.45, 2.75) is 12.1 Å². The summed E-state index contributed by atoms with van der Waals surface area (Å²) in [5.74, 6) is 0.420. The minimum atomic E-state index is -3.49. The van der Waals surface area contributed by atoms with Gasteiger partial charge >= 0.3 is 0 Å². The van der Waals surface area contributed by atoms with E-state index < -0.39 is 10.0 Å². The van der Waals surface area contributed by atoms with E-state index in [0.717, 1.165) is 23.3 Å². The monoisotopic (exact) mass is 457 g/mol. The first-order valence-electron chi connectivity index (χ1n) is 9.56. The number of pyridine rings is 1. The maximum atomic E-state index is 11.9. The van der Waals surface area contributed by atoms with Crippen LogP contribution in [0.1, 0.15) is 23.5 Å². The van der Waals surface area contributed by atoms with Crippen molar-refractivity contribution in [3.63, 3.8) is 0 Å². The zero-order valence-corrected chi connectivity index (χ0v) is 18.9. The van der Waals surface area contributed by atoms with E-state index >= 15 is 0 Å². The third kappa shape index (κ3) is 4.21. The molecule has 1 aromatic carbocycles. The van der Waals surface area contributed by atoms with E-state index in [1.807, 2.05) is 59.1 Å². The molecule has 0 aliphatic carbocycles. The van der Waals surface area contributed by atoms with E-state index in [0.29, 0.717) is 16.5 Å². The molecule has 8 nitrogen and oxygen atoms in total. The van der Waals surface area contributed by atoms with Gasteiger partial charge in [0.05, 0.1) is 30.8 Å². The van der Waals surface area contributed by atoms with E-state index in [4.69, 9.17) is 17.0 Å². The van der Waals surface area contributed by atoms with Gasteiger partial charge in [-0.15, -0.1) is 0 Å². The zero-order chi connectivity index (χ0) is 22.2. The van der Waals surface area contributed by atoms with Gasteiger partial charge in [-0.2, -0.15) is 0 Å². The number of thiocarbonyl (C=S) groups is 1. The summed E-state index contributed by atoms with van der Waals surface area (Å²) in [5, 5.41) is 3.92. The van der Waals surface area contributed by atoms with Crippen LogP contribution >= 0.6 is 12.2 Å². The molecule has 0 amide bonds. The van der Waals surface area contributed by atoms with E-state index in [2.05, 4.69) is 15.0 Å². The number of nitrogens with one attached hydrogen (secondary N) is 2. The number of hydrogen-bond acceptors (Lipinski definition) is 5. The fourth-order valence-electron chi connectivity index (χ4n) is 3.84. The summed E-state index contributed by atoms with van der Waals surface area (Å²) in [5.41, 5.74) is 2.98. The van der Waals surface area contributed by atoms with Gasteiger partial charge in [-0.05, 0) is 54.7 Å². The van der Waals surface area contributed by atoms with Crippen LogP contribution in [0.2, 0.25) is 0 Å².